The van der Waals surface area contributed by atoms with E-state index >= 15 is 0 Å². The number of nitrogens with one attached hydrogen (secondary N) is 1. The molecule has 0 aliphatic carbocycles. The van der Waals surface area contributed by atoms with Crippen LogP contribution in [0.4, 0.5) is 4.79 Å². The Morgan fingerprint density at radius 3 is 2.96 bits per heavy atom. The Labute approximate surface area is 134 Å². The van der Waals surface area contributed by atoms with Crippen LogP contribution in [0, 0.1) is 0 Å². The summed E-state index contributed by atoms with van der Waals surface area (Å²) in [6, 6.07) is 13.9. The molecule has 2 N–H and O–H groups in total. The molecule has 1 amide bonds. The number of rotatable bonds is 4. The number of hydrogen-bond donors (Lipinski definition) is 2. The van der Waals surface area contributed by atoms with Crippen LogP contribution in [0.1, 0.15) is 17.9 Å². The summed E-state index contributed by atoms with van der Waals surface area (Å²) < 4.78 is 11.2. The first-order chi connectivity index (χ1) is 11.2. The Bertz CT molecular complexity index is 714. The molecule has 2 aromatic carbocycles. The molecule has 1 aliphatic rings. The molecule has 120 valence electrons. The molecule has 0 fully saturated rings. The van der Waals surface area contributed by atoms with E-state index < -0.39 is 6.09 Å². The van der Waals surface area contributed by atoms with Crippen LogP contribution >= 0.6 is 0 Å². The number of para-hydroxylation sites is 1. The first-order valence-corrected chi connectivity index (χ1v) is 7.56. The Hall–Kier alpha value is -2.69. The standard InChI is InChI=1S/C18H19NO4/c1-22-16-5-3-2-4-14(16)12-6-7-15-13(11-19-18(20)21)8-9-23-17(15)10-12/h2-7,10,13,19H,8-9,11H2,1H3,(H,20,21)/t13-/m0/s1. The number of fused-ring (bicyclic) bond motifs is 1. The predicted molar refractivity (Wildman–Crippen MR) is 87.3 cm³/mol. The minimum absolute atomic E-state index is 0.140. The van der Waals surface area contributed by atoms with Gasteiger partial charge in [0.2, 0.25) is 0 Å². The van der Waals surface area contributed by atoms with E-state index in [1.54, 1.807) is 7.11 Å². The molecule has 0 saturated heterocycles. The molecule has 0 spiro atoms. The summed E-state index contributed by atoms with van der Waals surface area (Å²) in [5.41, 5.74) is 3.07. The van der Waals surface area contributed by atoms with Crippen molar-refractivity contribution in [2.75, 3.05) is 20.3 Å². The molecule has 1 atom stereocenters. The van der Waals surface area contributed by atoms with Crippen LogP contribution in [0.3, 0.4) is 0 Å². The Balaban J connectivity index is 1.91. The summed E-state index contributed by atoms with van der Waals surface area (Å²) in [5, 5.41) is 11.2. The Kier molecular flexibility index (Phi) is 4.37. The summed E-state index contributed by atoms with van der Waals surface area (Å²) in [6.07, 6.45) is -0.190. The monoisotopic (exact) mass is 313 g/mol. The van der Waals surface area contributed by atoms with Gasteiger partial charge in [-0.15, -0.1) is 0 Å². The van der Waals surface area contributed by atoms with Crippen LogP contribution in [-0.4, -0.2) is 31.5 Å². The Morgan fingerprint density at radius 1 is 1.35 bits per heavy atom. The molecule has 0 aromatic heterocycles. The summed E-state index contributed by atoms with van der Waals surface area (Å²) in [5.74, 6) is 1.77. The van der Waals surface area contributed by atoms with Crippen molar-refractivity contribution in [3.05, 3.63) is 48.0 Å². The van der Waals surface area contributed by atoms with E-state index in [4.69, 9.17) is 14.6 Å². The third-order valence-electron chi connectivity index (χ3n) is 4.09. The lowest BCUT2D eigenvalue weighted by molar-refractivity contribution is 0.191. The second-order valence-corrected chi connectivity index (χ2v) is 5.47. The number of carboxylic acid groups (broad SMARTS) is 1. The molecule has 1 heterocycles. The number of ether oxygens (including phenoxy) is 2. The molecule has 2 aromatic rings. The van der Waals surface area contributed by atoms with Gasteiger partial charge in [0.05, 0.1) is 13.7 Å². The molecule has 0 bridgehead atoms. The Morgan fingerprint density at radius 2 is 2.17 bits per heavy atom. The van der Waals surface area contributed by atoms with Crippen LogP contribution in [0.5, 0.6) is 11.5 Å². The van der Waals surface area contributed by atoms with E-state index in [1.165, 1.54) is 0 Å². The zero-order valence-corrected chi connectivity index (χ0v) is 12.9. The molecule has 0 saturated carbocycles. The zero-order valence-electron chi connectivity index (χ0n) is 12.9. The van der Waals surface area contributed by atoms with E-state index in [0.717, 1.165) is 34.6 Å². The van der Waals surface area contributed by atoms with Crippen molar-refractivity contribution in [1.82, 2.24) is 5.32 Å². The summed E-state index contributed by atoms with van der Waals surface area (Å²) in [7, 11) is 1.65. The molecule has 5 heteroatoms. The molecule has 0 radical (unpaired) electrons. The van der Waals surface area contributed by atoms with Crippen molar-refractivity contribution < 1.29 is 19.4 Å². The predicted octanol–water partition coefficient (Wildman–Crippen LogP) is 3.50. The van der Waals surface area contributed by atoms with E-state index in [0.29, 0.717) is 13.2 Å². The van der Waals surface area contributed by atoms with Gasteiger partial charge in [-0.05, 0) is 29.7 Å². The van der Waals surface area contributed by atoms with Gasteiger partial charge >= 0.3 is 6.09 Å². The van der Waals surface area contributed by atoms with Crippen molar-refractivity contribution in [3.63, 3.8) is 0 Å². The molecular weight excluding hydrogens is 294 g/mol. The van der Waals surface area contributed by atoms with Crippen molar-refractivity contribution >= 4 is 6.09 Å². The first kappa shape index (κ1) is 15.2. The minimum atomic E-state index is -0.997. The van der Waals surface area contributed by atoms with E-state index in [-0.39, 0.29) is 5.92 Å². The number of amides is 1. The second-order valence-electron chi connectivity index (χ2n) is 5.47. The van der Waals surface area contributed by atoms with Crippen LogP contribution in [0.15, 0.2) is 42.5 Å². The summed E-state index contributed by atoms with van der Waals surface area (Å²) >= 11 is 0. The number of methoxy groups -OCH3 is 1. The number of carbonyl (C=O) groups is 1. The highest BCUT2D eigenvalue weighted by Crippen LogP contribution is 2.38. The summed E-state index contributed by atoms with van der Waals surface area (Å²) in [4.78, 5) is 10.7. The number of hydrogen-bond acceptors (Lipinski definition) is 3. The fourth-order valence-electron chi connectivity index (χ4n) is 2.94. The lowest BCUT2D eigenvalue weighted by atomic mass is 9.91. The van der Waals surface area contributed by atoms with E-state index in [9.17, 15) is 4.79 Å². The SMILES string of the molecule is COc1ccccc1-c1ccc2c(c1)OCC[C@H]2CNC(=O)O. The number of benzene rings is 2. The maximum Gasteiger partial charge on any atom is 0.404 e. The average molecular weight is 313 g/mol. The largest absolute Gasteiger partial charge is 0.496 e. The maximum absolute atomic E-state index is 10.7. The zero-order chi connectivity index (χ0) is 16.2. The van der Waals surface area contributed by atoms with Crippen LogP contribution in [-0.2, 0) is 0 Å². The molecule has 3 rings (SSSR count). The van der Waals surface area contributed by atoms with E-state index in [1.807, 2.05) is 42.5 Å². The van der Waals surface area contributed by atoms with Gasteiger partial charge in [0, 0.05) is 18.0 Å². The highest BCUT2D eigenvalue weighted by Gasteiger charge is 2.22. The first-order valence-electron chi connectivity index (χ1n) is 7.56. The summed E-state index contributed by atoms with van der Waals surface area (Å²) in [6.45, 7) is 0.994. The van der Waals surface area contributed by atoms with Gasteiger partial charge in [-0.2, -0.15) is 0 Å². The van der Waals surface area contributed by atoms with Crippen LogP contribution in [0.2, 0.25) is 0 Å². The van der Waals surface area contributed by atoms with Crippen molar-refractivity contribution in [2.24, 2.45) is 0 Å². The van der Waals surface area contributed by atoms with Gasteiger partial charge in [-0.25, -0.2) is 4.79 Å². The third-order valence-corrected chi connectivity index (χ3v) is 4.09. The smallest absolute Gasteiger partial charge is 0.404 e. The second kappa shape index (κ2) is 6.60. The minimum Gasteiger partial charge on any atom is -0.496 e. The normalized spacial score (nSPS) is 16.1. The fourth-order valence-corrected chi connectivity index (χ4v) is 2.94. The molecule has 5 nitrogen and oxygen atoms in total. The highest BCUT2D eigenvalue weighted by molar-refractivity contribution is 5.72. The quantitative estimate of drug-likeness (QED) is 0.906. The van der Waals surface area contributed by atoms with Gasteiger partial charge in [0.15, 0.2) is 0 Å². The molecular formula is C18H19NO4. The fraction of sp³-hybridized carbons (Fsp3) is 0.278. The molecule has 1 aliphatic heterocycles. The van der Waals surface area contributed by atoms with E-state index in [2.05, 4.69) is 5.32 Å². The molecule has 23 heavy (non-hydrogen) atoms. The van der Waals surface area contributed by atoms with Gasteiger partial charge in [0.25, 0.3) is 0 Å². The van der Waals surface area contributed by atoms with Gasteiger partial charge in [0.1, 0.15) is 11.5 Å². The van der Waals surface area contributed by atoms with Crippen LogP contribution in [0.25, 0.3) is 11.1 Å². The topological polar surface area (TPSA) is 67.8 Å². The molecule has 0 unspecified atom stereocenters. The average Bonchev–Trinajstić information content (AvgIpc) is 2.59. The lowest BCUT2D eigenvalue weighted by Crippen LogP contribution is -2.29. The van der Waals surface area contributed by atoms with Crippen molar-refractivity contribution in [3.8, 4) is 22.6 Å². The lowest BCUT2D eigenvalue weighted by Gasteiger charge is -2.26. The third kappa shape index (κ3) is 3.23. The highest BCUT2D eigenvalue weighted by atomic mass is 16.5. The van der Waals surface area contributed by atoms with Crippen molar-refractivity contribution in [1.29, 1.82) is 0 Å². The van der Waals surface area contributed by atoms with Gasteiger partial charge in [-0.1, -0.05) is 30.3 Å². The van der Waals surface area contributed by atoms with Gasteiger partial charge < -0.3 is 19.9 Å². The van der Waals surface area contributed by atoms with Crippen molar-refractivity contribution in [2.45, 2.75) is 12.3 Å². The van der Waals surface area contributed by atoms with Gasteiger partial charge in [-0.3, -0.25) is 0 Å². The maximum atomic E-state index is 10.7. The van der Waals surface area contributed by atoms with Crippen LogP contribution < -0.4 is 14.8 Å².